The number of hydrogen-bond acceptors (Lipinski definition) is 4. The van der Waals surface area contributed by atoms with Gasteiger partial charge < -0.3 is 5.32 Å². The van der Waals surface area contributed by atoms with Crippen LogP contribution in [0.3, 0.4) is 0 Å². The number of aryl methyl sites for hydroxylation is 1. The molecule has 0 aromatic heterocycles. The van der Waals surface area contributed by atoms with Gasteiger partial charge in [0.1, 0.15) is 17.7 Å². The third kappa shape index (κ3) is 4.22. The van der Waals surface area contributed by atoms with Crippen molar-refractivity contribution in [3.05, 3.63) is 59.4 Å². The van der Waals surface area contributed by atoms with E-state index >= 15 is 0 Å². The molecule has 3 rings (SSSR count). The average molecular weight is 403 g/mol. The molecule has 1 amide bonds. The van der Waals surface area contributed by atoms with Crippen molar-refractivity contribution in [2.45, 2.75) is 38.1 Å². The highest BCUT2D eigenvalue weighted by molar-refractivity contribution is 7.90. The van der Waals surface area contributed by atoms with E-state index in [2.05, 4.69) is 15.0 Å². The van der Waals surface area contributed by atoms with Crippen LogP contribution in [0.15, 0.2) is 52.4 Å². The number of amidine groups is 1. The second kappa shape index (κ2) is 7.71. The monoisotopic (exact) mass is 403 g/mol. The lowest BCUT2D eigenvalue weighted by molar-refractivity contribution is -0.117. The first-order valence-corrected chi connectivity index (χ1v) is 10.4. The van der Waals surface area contributed by atoms with Crippen molar-refractivity contribution >= 4 is 27.5 Å². The lowest BCUT2D eigenvalue weighted by atomic mass is 10.0. The molecule has 1 atom stereocenters. The van der Waals surface area contributed by atoms with Gasteiger partial charge >= 0.3 is 0 Å². The van der Waals surface area contributed by atoms with E-state index in [0.29, 0.717) is 12.0 Å². The molecule has 0 spiro atoms. The zero-order chi connectivity index (χ0) is 20.5. The summed E-state index contributed by atoms with van der Waals surface area (Å²) in [5.74, 6) is -0.784. The molecule has 28 heavy (non-hydrogen) atoms. The van der Waals surface area contributed by atoms with Gasteiger partial charge in [-0.05, 0) is 49.1 Å². The van der Waals surface area contributed by atoms with Gasteiger partial charge in [-0.15, -0.1) is 0 Å². The Labute approximate surface area is 163 Å². The summed E-state index contributed by atoms with van der Waals surface area (Å²) >= 11 is 0. The molecule has 0 bridgehead atoms. The first kappa shape index (κ1) is 20.0. The predicted octanol–water partition coefficient (Wildman–Crippen LogP) is 3.23. The zero-order valence-electron chi connectivity index (χ0n) is 15.9. The average Bonchev–Trinajstić information content (AvgIpc) is 2.88. The second-order valence-electron chi connectivity index (χ2n) is 7.20. The molecule has 1 heterocycles. The highest BCUT2D eigenvalue weighted by atomic mass is 32.2. The Morgan fingerprint density at radius 1 is 1.21 bits per heavy atom. The molecule has 1 aliphatic heterocycles. The lowest BCUT2D eigenvalue weighted by Crippen LogP contribution is -2.32. The van der Waals surface area contributed by atoms with Crippen LogP contribution in [0.1, 0.15) is 31.4 Å². The van der Waals surface area contributed by atoms with Crippen molar-refractivity contribution in [3.63, 3.8) is 0 Å². The van der Waals surface area contributed by atoms with E-state index in [1.165, 1.54) is 12.1 Å². The molecule has 0 aliphatic carbocycles. The molecule has 2 aromatic carbocycles. The van der Waals surface area contributed by atoms with Crippen LogP contribution in [0.2, 0.25) is 0 Å². The molecule has 1 aliphatic rings. The number of carbonyl (C=O) groups is 1. The molecule has 6 nitrogen and oxygen atoms in total. The maximum atomic E-state index is 14.0. The number of amides is 1. The molecule has 0 fully saturated rings. The number of nitrogens with zero attached hydrogens (tertiary/aromatic N) is 1. The van der Waals surface area contributed by atoms with Gasteiger partial charge in [0.15, 0.2) is 0 Å². The van der Waals surface area contributed by atoms with Gasteiger partial charge in [0.25, 0.3) is 10.0 Å². The third-order valence-electron chi connectivity index (χ3n) is 4.32. The first-order chi connectivity index (χ1) is 13.2. The van der Waals surface area contributed by atoms with Gasteiger partial charge in [0, 0.05) is 5.56 Å². The summed E-state index contributed by atoms with van der Waals surface area (Å²) in [6.45, 7) is 5.66. The Bertz CT molecular complexity index is 1050. The normalized spacial score (nSPS) is 17.2. The van der Waals surface area contributed by atoms with Crippen molar-refractivity contribution in [1.82, 2.24) is 4.72 Å². The number of benzene rings is 2. The van der Waals surface area contributed by atoms with Crippen molar-refractivity contribution in [2.24, 2.45) is 10.9 Å². The van der Waals surface area contributed by atoms with Crippen LogP contribution in [-0.4, -0.2) is 26.2 Å². The van der Waals surface area contributed by atoms with Gasteiger partial charge in [-0.1, -0.05) is 32.0 Å². The van der Waals surface area contributed by atoms with E-state index in [1.54, 1.807) is 37.3 Å². The van der Waals surface area contributed by atoms with Crippen LogP contribution < -0.4 is 10.0 Å². The number of nitrogens with one attached hydrogen (secondary N) is 2. The molecule has 0 saturated carbocycles. The second-order valence-corrected chi connectivity index (χ2v) is 8.85. The van der Waals surface area contributed by atoms with Crippen molar-refractivity contribution in [1.29, 1.82) is 0 Å². The van der Waals surface area contributed by atoms with Gasteiger partial charge in [-0.25, -0.2) is 12.8 Å². The molecule has 148 valence electrons. The first-order valence-electron chi connectivity index (χ1n) is 8.94. The number of halogens is 1. The quantitative estimate of drug-likeness (QED) is 0.803. The molecular formula is C20H22FN3O3S. The van der Waals surface area contributed by atoms with Crippen LogP contribution in [0.25, 0.3) is 0 Å². The van der Waals surface area contributed by atoms with Crippen molar-refractivity contribution < 1.29 is 17.6 Å². The summed E-state index contributed by atoms with van der Waals surface area (Å²) in [5, 5.41) is 2.58. The van der Waals surface area contributed by atoms with Gasteiger partial charge in [-0.3, -0.25) is 14.5 Å². The smallest absolute Gasteiger partial charge is 0.263 e. The summed E-state index contributed by atoms with van der Waals surface area (Å²) in [6.07, 6.45) is 0.382. The summed E-state index contributed by atoms with van der Waals surface area (Å²) < 4.78 is 41.0. The van der Waals surface area contributed by atoms with E-state index in [-0.39, 0.29) is 22.3 Å². The SMILES string of the molecule is Cc1ccc(F)c(NC(=O)C(CC(C)C)N=C2NS(=O)(=O)c3ccccc32)c1. The number of fused-ring (bicyclic) bond motifs is 1. The zero-order valence-corrected chi connectivity index (χ0v) is 16.7. The predicted molar refractivity (Wildman–Crippen MR) is 106 cm³/mol. The van der Waals surface area contributed by atoms with Gasteiger partial charge in [-0.2, -0.15) is 0 Å². The molecule has 0 radical (unpaired) electrons. The molecule has 2 aromatic rings. The topological polar surface area (TPSA) is 87.6 Å². The van der Waals surface area contributed by atoms with Crippen molar-refractivity contribution in [3.8, 4) is 0 Å². The van der Waals surface area contributed by atoms with Gasteiger partial charge in [0.05, 0.1) is 10.6 Å². The third-order valence-corrected chi connectivity index (χ3v) is 5.72. The number of aliphatic imine (C=N–C) groups is 1. The summed E-state index contributed by atoms with van der Waals surface area (Å²) in [5.41, 5.74) is 1.30. The van der Waals surface area contributed by atoms with Crippen LogP contribution in [0, 0.1) is 18.7 Å². The molecule has 0 saturated heterocycles. The van der Waals surface area contributed by atoms with Crippen LogP contribution in [-0.2, 0) is 14.8 Å². The van der Waals surface area contributed by atoms with E-state index < -0.39 is 27.8 Å². The molecule has 2 N–H and O–H groups in total. The van der Waals surface area contributed by atoms with E-state index in [1.807, 2.05) is 13.8 Å². The van der Waals surface area contributed by atoms with E-state index in [0.717, 1.165) is 5.56 Å². The molecular weight excluding hydrogens is 381 g/mol. The van der Waals surface area contributed by atoms with Crippen LogP contribution in [0.5, 0.6) is 0 Å². The minimum atomic E-state index is -3.70. The maximum absolute atomic E-state index is 14.0. The Morgan fingerprint density at radius 2 is 1.93 bits per heavy atom. The largest absolute Gasteiger partial charge is 0.322 e. The number of rotatable bonds is 5. The Balaban J connectivity index is 1.94. The fourth-order valence-electron chi connectivity index (χ4n) is 3.00. The number of hydrogen-bond donors (Lipinski definition) is 2. The van der Waals surface area contributed by atoms with E-state index in [9.17, 15) is 17.6 Å². The Hall–Kier alpha value is -2.74. The van der Waals surface area contributed by atoms with E-state index in [4.69, 9.17) is 0 Å². The standard InChI is InChI=1S/C20H22FN3O3S/c1-12(2)10-17(20(25)23-16-11-13(3)8-9-15(16)21)22-19-14-6-4-5-7-18(14)28(26,27)24-19/h4-9,11-12,17H,10H2,1-3H3,(H,22,24)(H,23,25). The summed E-state index contributed by atoms with van der Waals surface area (Å²) in [7, 11) is -3.70. The minimum Gasteiger partial charge on any atom is -0.322 e. The number of carbonyl (C=O) groups excluding carboxylic acids is 1. The highest BCUT2D eigenvalue weighted by Gasteiger charge is 2.32. The molecule has 8 heteroatoms. The minimum absolute atomic E-state index is 0.0753. The fraction of sp³-hybridized carbons (Fsp3) is 0.300. The van der Waals surface area contributed by atoms with Crippen LogP contribution >= 0.6 is 0 Å². The van der Waals surface area contributed by atoms with Gasteiger partial charge in [0.2, 0.25) is 5.91 Å². The maximum Gasteiger partial charge on any atom is 0.263 e. The summed E-state index contributed by atoms with van der Waals surface area (Å²) in [4.78, 5) is 17.3. The lowest BCUT2D eigenvalue weighted by Gasteiger charge is -2.16. The Morgan fingerprint density at radius 3 is 2.64 bits per heavy atom. The number of anilines is 1. The Kier molecular flexibility index (Phi) is 5.51. The number of sulfonamides is 1. The van der Waals surface area contributed by atoms with Crippen LogP contribution in [0.4, 0.5) is 10.1 Å². The van der Waals surface area contributed by atoms with Crippen molar-refractivity contribution in [2.75, 3.05) is 5.32 Å². The fourth-order valence-corrected chi connectivity index (χ4v) is 4.24. The molecule has 1 unspecified atom stereocenters. The summed E-state index contributed by atoms with van der Waals surface area (Å²) in [6, 6.07) is 10.0. The highest BCUT2D eigenvalue weighted by Crippen LogP contribution is 2.24.